The standard InChI is InChI=1S/C52H35N5Si/c1-4-16-38(17-5-1)58(39-18-6-2-7-19-39,40-20-8-3-9-21-40)57-49-30-28-36(55-47-26-12-10-22-41(47)43-24-14-32-53-51(43)55)34-45(49)46-35-37(29-31-50(46)57)56-48-27-13-11-23-42(48)44-25-15-33-54-52(44)56/h1-35H. The third kappa shape index (κ3) is 4.57. The minimum absolute atomic E-state index is 0.949. The molecular formula is C52H35N5Si. The first-order valence-corrected chi connectivity index (χ1v) is 21.7. The molecule has 12 rings (SSSR count). The molecule has 5 heterocycles. The second-order valence-corrected chi connectivity index (χ2v) is 18.6. The zero-order valence-corrected chi connectivity index (χ0v) is 32.4. The van der Waals surface area contributed by atoms with Crippen molar-refractivity contribution in [2.75, 3.05) is 0 Å². The molecular weight excluding hydrogens is 723 g/mol. The molecule has 0 N–H and O–H groups in total. The molecule has 12 aromatic rings. The van der Waals surface area contributed by atoms with Gasteiger partial charge in [0.15, 0.2) is 0 Å². The smallest absolute Gasteiger partial charge is 0.257 e. The molecule has 0 spiro atoms. The average Bonchev–Trinajstić information content (AvgIpc) is 3.93. The Morgan fingerprint density at radius 1 is 0.310 bits per heavy atom. The van der Waals surface area contributed by atoms with Crippen molar-refractivity contribution in [1.29, 1.82) is 0 Å². The topological polar surface area (TPSA) is 40.6 Å². The van der Waals surface area contributed by atoms with Crippen LogP contribution in [0.4, 0.5) is 0 Å². The lowest BCUT2D eigenvalue weighted by Gasteiger charge is -2.36. The van der Waals surface area contributed by atoms with E-state index in [0.717, 1.165) is 44.5 Å². The van der Waals surface area contributed by atoms with Crippen LogP contribution in [0.25, 0.3) is 77.1 Å². The van der Waals surface area contributed by atoms with Gasteiger partial charge >= 0.3 is 0 Å². The van der Waals surface area contributed by atoms with Gasteiger partial charge < -0.3 is 4.23 Å². The number of para-hydroxylation sites is 2. The Bertz CT molecular complexity index is 3140. The fraction of sp³-hybridized carbons (Fsp3) is 0. The van der Waals surface area contributed by atoms with Crippen LogP contribution < -0.4 is 15.6 Å². The third-order valence-electron chi connectivity index (χ3n) is 12.0. The van der Waals surface area contributed by atoms with Gasteiger partial charge in [0.05, 0.1) is 11.0 Å². The Morgan fingerprint density at radius 2 is 0.690 bits per heavy atom. The lowest BCUT2D eigenvalue weighted by molar-refractivity contribution is 1.14. The molecule has 0 radical (unpaired) electrons. The van der Waals surface area contributed by atoms with Crippen LogP contribution in [0.5, 0.6) is 0 Å². The van der Waals surface area contributed by atoms with Crippen molar-refractivity contribution in [2.45, 2.75) is 0 Å². The number of hydrogen-bond donors (Lipinski definition) is 0. The molecule has 0 amide bonds. The van der Waals surface area contributed by atoms with Gasteiger partial charge in [-0.1, -0.05) is 127 Å². The normalized spacial score (nSPS) is 12.1. The molecule has 0 unspecified atom stereocenters. The van der Waals surface area contributed by atoms with Crippen LogP contribution in [0.1, 0.15) is 0 Å². The highest BCUT2D eigenvalue weighted by atomic mass is 28.3. The van der Waals surface area contributed by atoms with Crippen molar-refractivity contribution in [2.24, 2.45) is 0 Å². The maximum Gasteiger partial charge on any atom is 0.257 e. The maximum atomic E-state index is 4.96. The van der Waals surface area contributed by atoms with Crippen LogP contribution in [0.3, 0.4) is 0 Å². The molecule has 5 aromatic heterocycles. The van der Waals surface area contributed by atoms with Gasteiger partial charge in [0.1, 0.15) is 11.3 Å². The molecule has 0 saturated carbocycles. The molecule has 5 nitrogen and oxygen atoms in total. The van der Waals surface area contributed by atoms with E-state index in [-0.39, 0.29) is 0 Å². The zero-order valence-electron chi connectivity index (χ0n) is 31.4. The first-order valence-electron chi connectivity index (χ1n) is 19.7. The Kier molecular flexibility index (Phi) is 7.18. The van der Waals surface area contributed by atoms with Crippen LogP contribution >= 0.6 is 0 Å². The maximum absolute atomic E-state index is 4.96. The third-order valence-corrected chi connectivity index (χ3v) is 16.7. The molecule has 0 saturated heterocycles. The largest absolute Gasteiger partial charge is 0.355 e. The van der Waals surface area contributed by atoms with Gasteiger partial charge in [0.25, 0.3) is 8.24 Å². The summed E-state index contributed by atoms with van der Waals surface area (Å²) in [5.74, 6) is 0. The Labute approximate surface area is 335 Å². The number of fused-ring (bicyclic) bond motifs is 9. The minimum Gasteiger partial charge on any atom is -0.355 e. The lowest BCUT2D eigenvalue weighted by Crippen LogP contribution is -2.72. The SMILES string of the molecule is c1ccc([Si](c2ccccc2)(c2ccccc2)n2c3ccc(-n4c5ccccc5c5cccnc54)cc3c3cc(-n4c5ccccc5c5cccnc54)ccc32)cc1. The van der Waals surface area contributed by atoms with E-state index < -0.39 is 8.24 Å². The quantitative estimate of drug-likeness (QED) is 0.125. The van der Waals surface area contributed by atoms with E-state index in [2.05, 4.69) is 201 Å². The van der Waals surface area contributed by atoms with Gasteiger partial charge in [-0.2, -0.15) is 0 Å². The van der Waals surface area contributed by atoms with E-state index in [1.165, 1.54) is 48.1 Å². The van der Waals surface area contributed by atoms with E-state index in [4.69, 9.17) is 9.97 Å². The number of pyridine rings is 2. The molecule has 58 heavy (non-hydrogen) atoms. The van der Waals surface area contributed by atoms with E-state index in [1.807, 2.05) is 24.5 Å². The molecule has 0 fully saturated rings. The van der Waals surface area contributed by atoms with Crippen LogP contribution in [-0.2, 0) is 0 Å². The van der Waals surface area contributed by atoms with E-state index in [9.17, 15) is 0 Å². The summed E-state index contributed by atoms with van der Waals surface area (Å²) in [6.45, 7) is 0. The summed E-state index contributed by atoms with van der Waals surface area (Å²) in [6, 6.07) is 73.3. The summed E-state index contributed by atoms with van der Waals surface area (Å²) >= 11 is 0. The summed E-state index contributed by atoms with van der Waals surface area (Å²) in [4.78, 5) is 9.92. The van der Waals surface area contributed by atoms with Crippen molar-refractivity contribution in [1.82, 2.24) is 23.3 Å². The number of benzene rings is 7. The van der Waals surface area contributed by atoms with Crippen LogP contribution in [0, 0.1) is 0 Å². The number of hydrogen-bond acceptors (Lipinski definition) is 2. The number of nitrogens with zero attached hydrogens (tertiary/aromatic N) is 5. The Balaban J connectivity index is 1.25. The molecule has 6 heteroatoms. The minimum atomic E-state index is -3.04. The van der Waals surface area contributed by atoms with Gasteiger partial charge in [0, 0.05) is 67.1 Å². The van der Waals surface area contributed by atoms with Crippen molar-refractivity contribution < 1.29 is 0 Å². The molecule has 272 valence electrons. The summed E-state index contributed by atoms with van der Waals surface area (Å²) in [5, 5.41) is 11.0. The Morgan fingerprint density at radius 3 is 1.12 bits per heavy atom. The summed E-state index contributed by atoms with van der Waals surface area (Å²) in [6.07, 6.45) is 3.79. The fourth-order valence-electron chi connectivity index (χ4n) is 9.68. The van der Waals surface area contributed by atoms with E-state index >= 15 is 0 Å². The first-order chi connectivity index (χ1) is 28.8. The zero-order chi connectivity index (χ0) is 38.2. The number of aromatic nitrogens is 5. The van der Waals surface area contributed by atoms with Crippen molar-refractivity contribution in [3.05, 3.63) is 213 Å². The van der Waals surface area contributed by atoms with Crippen molar-refractivity contribution in [3.63, 3.8) is 0 Å². The number of rotatable bonds is 6. The molecule has 0 atom stereocenters. The van der Waals surface area contributed by atoms with Crippen molar-refractivity contribution >= 4 is 89.5 Å². The van der Waals surface area contributed by atoms with E-state index in [1.54, 1.807) is 0 Å². The highest BCUT2D eigenvalue weighted by Gasteiger charge is 2.44. The summed E-state index contributed by atoms with van der Waals surface area (Å²) in [7, 11) is -3.04. The Hall–Kier alpha value is -7.54. The van der Waals surface area contributed by atoms with Gasteiger partial charge in [-0.3, -0.25) is 9.13 Å². The predicted octanol–water partition coefficient (Wildman–Crippen LogP) is 10.3. The predicted molar refractivity (Wildman–Crippen MR) is 243 cm³/mol. The van der Waals surface area contributed by atoms with Crippen LogP contribution in [-0.4, -0.2) is 31.6 Å². The molecule has 0 bridgehead atoms. The summed E-state index contributed by atoms with van der Waals surface area (Å²) in [5.41, 5.74) is 8.70. The van der Waals surface area contributed by atoms with Gasteiger partial charge in [-0.05, 0) is 88.4 Å². The molecule has 0 aliphatic rings. The molecule has 0 aliphatic carbocycles. The van der Waals surface area contributed by atoms with Gasteiger partial charge in [0.2, 0.25) is 0 Å². The highest BCUT2D eigenvalue weighted by Crippen LogP contribution is 2.39. The first kappa shape index (κ1) is 32.7. The molecule has 7 aromatic carbocycles. The average molecular weight is 758 g/mol. The van der Waals surface area contributed by atoms with Crippen molar-refractivity contribution in [3.8, 4) is 11.4 Å². The van der Waals surface area contributed by atoms with Gasteiger partial charge in [-0.25, -0.2) is 9.97 Å². The fourth-order valence-corrected chi connectivity index (χ4v) is 14.6. The lowest BCUT2D eigenvalue weighted by atomic mass is 10.1. The van der Waals surface area contributed by atoms with Crippen LogP contribution in [0.15, 0.2) is 213 Å². The second-order valence-electron chi connectivity index (χ2n) is 15.0. The van der Waals surface area contributed by atoms with Crippen LogP contribution in [0.2, 0.25) is 0 Å². The van der Waals surface area contributed by atoms with E-state index in [0.29, 0.717) is 0 Å². The monoisotopic (exact) mass is 757 g/mol. The molecule has 0 aliphatic heterocycles. The summed E-state index contributed by atoms with van der Waals surface area (Å²) < 4.78 is 7.37. The highest BCUT2D eigenvalue weighted by molar-refractivity contribution is 7.11. The second kappa shape index (κ2) is 12.7. The van der Waals surface area contributed by atoms with Gasteiger partial charge in [-0.15, -0.1) is 0 Å².